The largest absolute Gasteiger partial charge is 0.305 e. The standard InChI is InChI=1S/C6H5.2C2H5.Al.BrH/c1-2-4-6-5-3-1;2*1-2;;/h1-5H;2*1H2,2H3;;1H. The van der Waals surface area contributed by atoms with E-state index in [2.05, 4.69) is 44.2 Å². The number of hydrogen-bond donors (Lipinski definition) is 0. The predicted octanol–water partition coefficient (Wildman–Crippen LogP) is 3.01. The second kappa shape index (κ2) is 6.72. The van der Waals surface area contributed by atoms with Gasteiger partial charge in [-0.05, 0) is 0 Å². The minimum atomic E-state index is -0.550. The highest BCUT2D eigenvalue weighted by Gasteiger charge is 2.12. The summed E-state index contributed by atoms with van der Waals surface area (Å²) in [5.74, 6) is 0. The number of hydrogen-bond acceptors (Lipinski definition) is 0. The lowest BCUT2D eigenvalue weighted by Gasteiger charge is -2.05. The van der Waals surface area contributed by atoms with E-state index in [4.69, 9.17) is 0 Å². The molecule has 1 rings (SSSR count). The molecule has 0 amide bonds. The Hall–Kier alpha value is 0.232. The van der Waals surface area contributed by atoms with Crippen molar-refractivity contribution >= 4 is 35.6 Å². The zero-order valence-corrected chi connectivity index (χ0v) is 10.7. The van der Waals surface area contributed by atoms with Crippen molar-refractivity contribution in [2.75, 3.05) is 0 Å². The van der Waals surface area contributed by atoms with Crippen molar-refractivity contribution in [1.29, 1.82) is 0 Å². The van der Waals surface area contributed by atoms with E-state index in [1.807, 2.05) is 0 Å². The van der Waals surface area contributed by atoms with Crippen LogP contribution in [-0.2, 0) is 0 Å². The maximum Gasteiger partial charge on any atom is 0.305 e. The van der Waals surface area contributed by atoms with Gasteiger partial charge in [0.2, 0.25) is 0 Å². The van der Waals surface area contributed by atoms with Crippen molar-refractivity contribution < 1.29 is 0 Å². The Morgan fingerprint density at radius 3 is 1.92 bits per heavy atom. The quantitative estimate of drug-likeness (QED) is 0.716. The Bertz CT molecular complexity index is 194. The summed E-state index contributed by atoms with van der Waals surface area (Å²) in [5, 5.41) is 2.78. The molecule has 0 N–H and O–H groups in total. The van der Waals surface area contributed by atoms with Crippen LogP contribution in [0.3, 0.4) is 0 Å². The third-order valence-electron chi connectivity index (χ3n) is 2.26. The molecule has 12 heavy (non-hydrogen) atoms. The van der Waals surface area contributed by atoms with Crippen molar-refractivity contribution in [1.82, 2.24) is 0 Å². The molecule has 1 aromatic carbocycles. The molecule has 0 saturated carbocycles. The predicted molar refractivity (Wildman–Crippen MR) is 63.1 cm³/mol. The van der Waals surface area contributed by atoms with Gasteiger partial charge in [0, 0.05) is 0 Å². The molecule has 0 radical (unpaired) electrons. The van der Waals surface area contributed by atoms with E-state index >= 15 is 0 Å². The van der Waals surface area contributed by atoms with Gasteiger partial charge in [-0.1, -0.05) is 54.7 Å². The molecular formula is C10H16AlBr. The van der Waals surface area contributed by atoms with Gasteiger partial charge in [-0.15, -0.1) is 21.4 Å². The van der Waals surface area contributed by atoms with Crippen LogP contribution >= 0.6 is 17.0 Å². The second-order valence-electron chi connectivity index (χ2n) is 2.92. The highest BCUT2D eigenvalue weighted by molar-refractivity contribution is 8.93. The van der Waals surface area contributed by atoms with Crippen molar-refractivity contribution in [2.24, 2.45) is 0 Å². The fourth-order valence-corrected chi connectivity index (χ4v) is 3.77. The van der Waals surface area contributed by atoms with Crippen LogP contribution in [0.5, 0.6) is 0 Å². The van der Waals surface area contributed by atoms with Crippen molar-refractivity contribution in [3.8, 4) is 0 Å². The van der Waals surface area contributed by atoms with E-state index in [1.54, 1.807) is 4.43 Å². The molecule has 0 aliphatic rings. The van der Waals surface area contributed by atoms with E-state index in [0.29, 0.717) is 0 Å². The van der Waals surface area contributed by atoms with Crippen molar-refractivity contribution in [3.63, 3.8) is 0 Å². The van der Waals surface area contributed by atoms with Crippen LogP contribution in [0.1, 0.15) is 13.8 Å². The first-order chi connectivity index (χ1) is 5.38. The minimum absolute atomic E-state index is 0. The van der Waals surface area contributed by atoms with Gasteiger partial charge >= 0.3 is 14.1 Å². The zero-order chi connectivity index (χ0) is 8.10. The summed E-state index contributed by atoms with van der Waals surface area (Å²) >= 11 is -0.550. The molecule has 2 heteroatoms. The number of rotatable bonds is 3. The number of benzene rings is 1. The first kappa shape index (κ1) is 12.2. The fourth-order valence-electron chi connectivity index (χ4n) is 1.49. The first-order valence-corrected chi connectivity index (χ1v) is 6.64. The van der Waals surface area contributed by atoms with Crippen molar-refractivity contribution in [3.05, 3.63) is 30.3 Å². The van der Waals surface area contributed by atoms with Crippen LogP contribution in [0.4, 0.5) is 0 Å². The lowest BCUT2D eigenvalue weighted by atomic mass is 10.4. The molecule has 0 saturated heterocycles. The maximum absolute atomic E-state index is 2.31. The minimum Gasteiger partial charge on any atom is -0.114 e. The summed E-state index contributed by atoms with van der Waals surface area (Å²) < 4.78 is 1.62. The van der Waals surface area contributed by atoms with Crippen molar-refractivity contribution in [2.45, 2.75) is 24.4 Å². The molecule has 0 unspecified atom stereocenters. The maximum atomic E-state index is 2.31. The molecule has 0 nitrogen and oxygen atoms in total. The smallest absolute Gasteiger partial charge is 0.114 e. The molecule has 0 atom stereocenters. The van der Waals surface area contributed by atoms with Gasteiger partial charge in [-0.3, -0.25) is 0 Å². The summed E-state index contributed by atoms with van der Waals surface area (Å²) in [6, 6.07) is 11.0. The van der Waals surface area contributed by atoms with Crippen LogP contribution in [0, 0.1) is 0 Å². The molecule has 66 valence electrons. The van der Waals surface area contributed by atoms with E-state index in [1.165, 1.54) is 10.6 Å². The molecule has 0 aliphatic carbocycles. The van der Waals surface area contributed by atoms with Gasteiger partial charge in [0.1, 0.15) is 0 Å². The van der Waals surface area contributed by atoms with E-state index in [-0.39, 0.29) is 17.0 Å². The van der Waals surface area contributed by atoms with E-state index < -0.39 is 14.1 Å². The topological polar surface area (TPSA) is 0 Å². The Balaban J connectivity index is 0.00000121. The van der Waals surface area contributed by atoms with Gasteiger partial charge in [0.25, 0.3) is 0 Å². The first-order valence-electron chi connectivity index (χ1n) is 4.43. The molecule has 0 aliphatic heterocycles. The Morgan fingerprint density at radius 2 is 1.50 bits per heavy atom. The second-order valence-corrected chi connectivity index (χ2v) is 6.62. The summed E-state index contributed by atoms with van der Waals surface area (Å²) in [6.07, 6.45) is 0. The average molecular weight is 243 g/mol. The molecule has 0 aromatic heterocycles. The SMILES string of the molecule is Br.C[CH2][Al]([CH2]C)[c]1ccccc1. The molecule has 0 fully saturated rings. The number of halogens is 1. The molecule has 0 bridgehead atoms. The van der Waals surface area contributed by atoms with Gasteiger partial charge < -0.3 is 0 Å². The van der Waals surface area contributed by atoms with E-state index in [9.17, 15) is 0 Å². The van der Waals surface area contributed by atoms with Crippen LogP contribution in [0.15, 0.2) is 30.3 Å². The van der Waals surface area contributed by atoms with Crippen LogP contribution in [0.2, 0.25) is 10.6 Å². The lowest BCUT2D eigenvalue weighted by Crippen LogP contribution is -2.27. The fraction of sp³-hybridized carbons (Fsp3) is 0.400. The molecular weight excluding hydrogens is 227 g/mol. The molecule has 1 aromatic rings. The van der Waals surface area contributed by atoms with Crippen LogP contribution < -0.4 is 4.43 Å². The normalized spacial score (nSPS) is 8.83. The third kappa shape index (κ3) is 3.31. The monoisotopic (exact) mass is 242 g/mol. The van der Waals surface area contributed by atoms with Crippen LogP contribution in [-0.4, -0.2) is 14.1 Å². The Labute approximate surface area is 90.2 Å². The highest BCUT2D eigenvalue weighted by Crippen LogP contribution is 1.98. The third-order valence-corrected chi connectivity index (χ3v) is 5.56. The molecule has 0 spiro atoms. The Kier molecular flexibility index (Phi) is 6.85. The van der Waals surface area contributed by atoms with Crippen LogP contribution in [0.25, 0.3) is 0 Å². The zero-order valence-electron chi connectivity index (χ0n) is 7.79. The summed E-state index contributed by atoms with van der Waals surface area (Å²) in [4.78, 5) is 0. The van der Waals surface area contributed by atoms with Gasteiger partial charge in [0.15, 0.2) is 0 Å². The Morgan fingerprint density at radius 1 is 1.00 bits per heavy atom. The van der Waals surface area contributed by atoms with Gasteiger partial charge in [0.05, 0.1) is 0 Å². The average Bonchev–Trinajstić information content (AvgIpc) is 2.09. The summed E-state index contributed by atoms with van der Waals surface area (Å²) in [5.41, 5.74) is 0. The summed E-state index contributed by atoms with van der Waals surface area (Å²) in [6.45, 7) is 4.63. The summed E-state index contributed by atoms with van der Waals surface area (Å²) in [7, 11) is 0. The highest BCUT2D eigenvalue weighted by atomic mass is 79.9. The van der Waals surface area contributed by atoms with Gasteiger partial charge in [-0.2, -0.15) is 0 Å². The molecule has 0 heterocycles. The lowest BCUT2D eigenvalue weighted by molar-refractivity contribution is 1.33. The van der Waals surface area contributed by atoms with Gasteiger partial charge in [-0.25, -0.2) is 0 Å². The van der Waals surface area contributed by atoms with E-state index in [0.717, 1.165) is 0 Å².